The average Bonchev–Trinajstić information content (AvgIpc) is 2.76. The van der Waals surface area contributed by atoms with Crippen LogP contribution in [-0.2, 0) is 16.8 Å². The number of aliphatic carboxylic acids is 1. The number of hydrogen-bond donors (Lipinski definition) is 1. The van der Waals surface area contributed by atoms with Gasteiger partial charge in [-0.2, -0.15) is 0 Å². The molecule has 0 spiro atoms. The van der Waals surface area contributed by atoms with Crippen molar-refractivity contribution in [3.63, 3.8) is 0 Å². The van der Waals surface area contributed by atoms with E-state index in [1.165, 1.54) is 19.3 Å². The summed E-state index contributed by atoms with van der Waals surface area (Å²) in [6.07, 6.45) is 6.02. The predicted molar refractivity (Wildman–Crippen MR) is 79.9 cm³/mol. The monoisotopic (exact) mass is 271 g/mol. The lowest BCUT2D eigenvalue weighted by Gasteiger charge is -2.28. The van der Waals surface area contributed by atoms with E-state index in [0.29, 0.717) is 0 Å². The van der Waals surface area contributed by atoms with Crippen molar-refractivity contribution in [2.24, 2.45) is 5.92 Å². The SMILES string of the molecule is CC(C)(C(=O)O)c1cccc2ccn(CC3CCC3)c12. The van der Waals surface area contributed by atoms with Crippen molar-refractivity contribution in [2.75, 3.05) is 0 Å². The lowest BCUT2D eigenvalue weighted by Crippen LogP contribution is -2.29. The highest BCUT2D eigenvalue weighted by molar-refractivity contribution is 5.91. The minimum absolute atomic E-state index is 0.756. The summed E-state index contributed by atoms with van der Waals surface area (Å²) in [5, 5.41) is 10.6. The predicted octanol–water partition coefficient (Wildman–Crippen LogP) is 3.80. The van der Waals surface area contributed by atoms with Gasteiger partial charge in [-0.1, -0.05) is 24.6 Å². The van der Waals surface area contributed by atoms with Crippen molar-refractivity contribution in [1.82, 2.24) is 4.57 Å². The van der Waals surface area contributed by atoms with Crippen LogP contribution >= 0.6 is 0 Å². The molecule has 1 saturated carbocycles. The molecule has 1 fully saturated rings. The molecule has 0 bridgehead atoms. The van der Waals surface area contributed by atoms with Crippen molar-refractivity contribution >= 4 is 16.9 Å². The molecule has 1 heterocycles. The van der Waals surface area contributed by atoms with Gasteiger partial charge >= 0.3 is 5.97 Å². The maximum absolute atomic E-state index is 11.6. The maximum atomic E-state index is 11.6. The molecule has 1 aromatic heterocycles. The fraction of sp³-hybridized carbons (Fsp3) is 0.471. The third-order valence-corrected chi connectivity index (χ3v) is 4.68. The molecule has 0 saturated heterocycles. The smallest absolute Gasteiger partial charge is 0.313 e. The third kappa shape index (κ3) is 2.01. The zero-order valence-electron chi connectivity index (χ0n) is 12.1. The summed E-state index contributed by atoms with van der Waals surface area (Å²) in [5.41, 5.74) is 1.13. The van der Waals surface area contributed by atoms with Crippen molar-refractivity contribution < 1.29 is 9.90 Å². The number of carboxylic acid groups (broad SMARTS) is 1. The van der Waals surface area contributed by atoms with Crippen LogP contribution in [0, 0.1) is 5.92 Å². The molecule has 3 heteroatoms. The first-order valence-electron chi connectivity index (χ1n) is 7.32. The fourth-order valence-corrected chi connectivity index (χ4v) is 2.99. The molecule has 106 valence electrons. The standard InChI is InChI=1S/C17H21NO2/c1-17(2,16(19)20)14-8-4-7-13-9-10-18(15(13)14)11-12-5-3-6-12/h4,7-10,12H,3,5-6,11H2,1-2H3,(H,19,20). The second kappa shape index (κ2) is 4.65. The summed E-state index contributed by atoms with van der Waals surface area (Å²) in [4.78, 5) is 11.6. The van der Waals surface area contributed by atoms with Crippen LogP contribution in [-0.4, -0.2) is 15.6 Å². The minimum Gasteiger partial charge on any atom is -0.481 e. The molecule has 1 aliphatic carbocycles. The molecule has 3 nitrogen and oxygen atoms in total. The van der Waals surface area contributed by atoms with E-state index in [1.54, 1.807) is 13.8 Å². The fourth-order valence-electron chi connectivity index (χ4n) is 2.99. The molecule has 0 radical (unpaired) electrons. The van der Waals surface area contributed by atoms with Crippen LogP contribution in [0.4, 0.5) is 0 Å². The second-order valence-corrected chi connectivity index (χ2v) is 6.44. The largest absolute Gasteiger partial charge is 0.481 e. The summed E-state index contributed by atoms with van der Waals surface area (Å²) in [6.45, 7) is 4.58. The quantitative estimate of drug-likeness (QED) is 0.919. The Morgan fingerprint density at radius 3 is 2.70 bits per heavy atom. The number of nitrogens with zero attached hydrogens (tertiary/aromatic N) is 1. The molecule has 20 heavy (non-hydrogen) atoms. The van der Waals surface area contributed by atoms with Gasteiger partial charge < -0.3 is 9.67 Å². The zero-order valence-corrected chi connectivity index (χ0v) is 12.1. The Morgan fingerprint density at radius 2 is 2.10 bits per heavy atom. The van der Waals surface area contributed by atoms with Gasteiger partial charge in [0.1, 0.15) is 0 Å². The molecule has 0 aliphatic heterocycles. The van der Waals surface area contributed by atoms with E-state index in [1.807, 2.05) is 12.1 Å². The van der Waals surface area contributed by atoms with Gasteiger partial charge in [-0.3, -0.25) is 4.79 Å². The molecule has 3 rings (SSSR count). The molecule has 2 aromatic rings. The Balaban J connectivity index is 2.11. The van der Waals surface area contributed by atoms with Crippen molar-refractivity contribution in [3.8, 4) is 0 Å². The van der Waals surface area contributed by atoms with Crippen LogP contribution in [0.5, 0.6) is 0 Å². The van der Waals surface area contributed by atoms with Crippen LogP contribution in [0.1, 0.15) is 38.7 Å². The third-order valence-electron chi connectivity index (χ3n) is 4.68. The minimum atomic E-state index is -0.866. The molecule has 0 unspecified atom stereocenters. The number of hydrogen-bond acceptors (Lipinski definition) is 1. The molecule has 1 aromatic carbocycles. The van der Waals surface area contributed by atoms with Crippen LogP contribution in [0.25, 0.3) is 10.9 Å². The van der Waals surface area contributed by atoms with Gasteiger partial charge in [0, 0.05) is 12.7 Å². The normalized spacial score (nSPS) is 16.3. The van der Waals surface area contributed by atoms with E-state index in [2.05, 4.69) is 22.9 Å². The van der Waals surface area contributed by atoms with Crippen molar-refractivity contribution in [3.05, 3.63) is 36.0 Å². The van der Waals surface area contributed by atoms with Crippen LogP contribution in [0.15, 0.2) is 30.5 Å². The summed E-state index contributed by atoms with van der Waals surface area (Å²) < 4.78 is 2.25. The summed E-state index contributed by atoms with van der Waals surface area (Å²) in [5.74, 6) is -0.0204. The zero-order chi connectivity index (χ0) is 14.3. The molecular formula is C17H21NO2. The first kappa shape index (κ1) is 13.2. The number of benzene rings is 1. The Labute approximate surface area is 119 Å². The van der Waals surface area contributed by atoms with Crippen LogP contribution in [0.2, 0.25) is 0 Å². The van der Waals surface area contributed by atoms with Gasteiger partial charge in [-0.15, -0.1) is 0 Å². The van der Waals surface area contributed by atoms with Gasteiger partial charge in [0.2, 0.25) is 0 Å². The van der Waals surface area contributed by atoms with E-state index in [-0.39, 0.29) is 0 Å². The summed E-state index contributed by atoms with van der Waals surface area (Å²) in [6, 6.07) is 8.06. The van der Waals surface area contributed by atoms with Gasteiger partial charge in [-0.05, 0) is 49.6 Å². The number of para-hydroxylation sites is 1. The Hall–Kier alpha value is -1.77. The highest BCUT2D eigenvalue weighted by Gasteiger charge is 2.32. The highest BCUT2D eigenvalue weighted by Crippen LogP contribution is 2.34. The van der Waals surface area contributed by atoms with Gasteiger partial charge in [0.15, 0.2) is 0 Å². The topological polar surface area (TPSA) is 42.2 Å². The van der Waals surface area contributed by atoms with Crippen molar-refractivity contribution in [1.29, 1.82) is 0 Å². The number of rotatable bonds is 4. The van der Waals surface area contributed by atoms with E-state index in [4.69, 9.17) is 0 Å². The number of aromatic nitrogens is 1. The maximum Gasteiger partial charge on any atom is 0.313 e. The molecular weight excluding hydrogens is 250 g/mol. The van der Waals surface area contributed by atoms with E-state index >= 15 is 0 Å². The lowest BCUT2D eigenvalue weighted by molar-refractivity contribution is -0.142. The Bertz CT molecular complexity index is 650. The molecule has 0 atom stereocenters. The Kier molecular flexibility index (Phi) is 3.08. The number of carboxylic acids is 1. The van der Waals surface area contributed by atoms with Crippen LogP contribution < -0.4 is 0 Å². The van der Waals surface area contributed by atoms with E-state index < -0.39 is 11.4 Å². The molecule has 1 N–H and O–H groups in total. The first-order valence-corrected chi connectivity index (χ1v) is 7.32. The van der Waals surface area contributed by atoms with E-state index in [0.717, 1.165) is 28.9 Å². The molecule has 1 aliphatic rings. The van der Waals surface area contributed by atoms with Gasteiger partial charge in [0.05, 0.1) is 10.9 Å². The van der Waals surface area contributed by atoms with Crippen LogP contribution in [0.3, 0.4) is 0 Å². The van der Waals surface area contributed by atoms with Gasteiger partial charge in [0.25, 0.3) is 0 Å². The first-order chi connectivity index (χ1) is 9.50. The second-order valence-electron chi connectivity index (χ2n) is 6.44. The van der Waals surface area contributed by atoms with E-state index in [9.17, 15) is 9.90 Å². The van der Waals surface area contributed by atoms with Gasteiger partial charge in [-0.25, -0.2) is 0 Å². The highest BCUT2D eigenvalue weighted by atomic mass is 16.4. The Morgan fingerprint density at radius 1 is 1.35 bits per heavy atom. The molecule has 0 amide bonds. The summed E-state index contributed by atoms with van der Waals surface area (Å²) in [7, 11) is 0. The van der Waals surface area contributed by atoms with Crippen molar-refractivity contribution in [2.45, 2.75) is 45.1 Å². The number of fused-ring (bicyclic) bond motifs is 1. The summed E-state index contributed by atoms with van der Waals surface area (Å²) >= 11 is 0. The average molecular weight is 271 g/mol. The number of carbonyl (C=O) groups is 1. The lowest BCUT2D eigenvalue weighted by atomic mass is 9.83.